The topological polar surface area (TPSA) is 99.9 Å². The SMILES string of the molecule is CC(C)[C@@](C)(C#N)NC(=O)CSc1nnc(Nc2ccc(Oc3ccccc3)cc2)s1. The molecule has 3 rings (SSSR count). The molecule has 160 valence electrons. The van der Waals surface area contributed by atoms with Crippen molar-refractivity contribution in [3.8, 4) is 17.6 Å². The molecule has 9 heteroatoms. The van der Waals surface area contributed by atoms with Gasteiger partial charge in [0.05, 0.1) is 11.8 Å². The van der Waals surface area contributed by atoms with Crippen LogP contribution in [0.3, 0.4) is 0 Å². The zero-order valence-corrected chi connectivity index (χ0v) is 19.1. The number of ether oxygens (including phenoxy) is 1. The number of nitrogens with zero attached hydrogens (tertiary/aromatic N) is 3. The van der Waals surface area contributed by atoms with Gasteiger partial charge < -0.3 is 15.4 Å². The first-order chi connectivity index (χ1) is 14.9. The van der Waals surface area contributed by atoms with Crippen molar-refractivity contribution in [1.82, 2.24) is 15.5 Å². The Morgan fingerprint density at radius 1 is 1.16 bits per heavy atom. The molecule has 0 aliphatic rings. The number of hydrogen-bond acceptors (Lipinski definition) is 8. The van der Waals surface area contributed by atoms with E-state index in [4.69, 9.17) is 4.74 Å². The molecule has 0 bridgehead atoms. The second kappa shape index (κ2) is 10.3. The van der Waals surface area contributed by atoms with Crippen LogP contribution >= 0.6 is 23.1 Å². The maximum atomic E-state index is 12.2. The molecule has 7 nitrogen and oxygen atoms in total. The first-order valence-corrected chi connectivity index (χ1v) is 11.5. The number of anilines is 2. The molecule has 1 heterocycles. The highest BCUT2D eigenvalue weighted by Crippen LogP contribution is 2.29. The molecule has 0 unspecified atom stereocenters. The highest BCUT2D eigenvalue weighted by molar-refractivity contribution is 8.01. The smallest absolute Gasteiger partial charge is 0.231 e. The molecule has 1 aromatic heterocycles. The van der Waals surface area contributed by atoms with Crippen molar-refractivity contribution in [2.45, 2.75) is 30.6 Å². The van der Waals surface area contributed by atoms with Gasteiger partial charge in [0.15, 0.2) is 4.34 Å². The number of nitrogens with one attached hydrogen (secondary N) is 2. The second-order valence-corrected chi connectivity index (χ2v) is 9.44. The average Bonchev–Trinajstić information content (AvgIpc) is 3.21. The molecule has 0 spiro atoms. The molecule has 0 aliphatic carbocycles. The zero-order chi connectivity index (χ0) is 22.3. The van der Waals surface area contributed by atoms with Crippen LogP contribution in [0.15, 0.2) is 58.9 Å². The highest BCUT2D eigenvalue weighted by Gasteiger charge is 2.29. The van der Waals surface area contributed by atoms with E-state index in [1.165, 1.54) is 23.1 Å². The van der Waals surface area contributed by atoms with Gasteiger partial charge >= 0.3 is 0 Å². The Hall–Kier alpha value is -3.09. The third-order valence-electron chi connectivity index (χ3n) is 4.60. The summed E-state index contributed by atoms with van der Waals surface area (Å²) in [5, 5.41) is 24.2. The maximum absolute atomic E-state index is 12.2. The fourth-order valence-corrected chi connectivity index (χ4v) is 4.00. The van der Waals surface area contributed by atoms with Gasteiger partial charge in [-0.25, -0.2) is 0 Å². The summed E-state index contributed by atoms with van der Waals surface area (Å²) in [6, 6.07) is 19.3. The minimum atomic E-state index is -0.887. The normalized spacial score (nSPS) is 12.6. The van der Waals surface area contributed by atoms with Gasteiger partial charge in [-0.05, 0) is 49.2 Å². The zero-order valence-electron chi connectivity index (χ0n) is 17.5. The van der Waals surface area contributed by atoms with Gasteiger partial charge in [-0.1, -0.05) is 55.1 Å². The van der Waals surface area contributed by atoms with Gasteiger partial charge in [-0.15, -0.1) is 10.2 Å². The Balaban J connectivity index is 1.51. The van der Waals surface area contributed by atoms with Crippen LogP contribution in [0, 0.1) is 17.2 Å². The number of aromatic nitrogens is 2. The molecule has 0 saturated heterocycles. The highest BCUT2D eigenvalue weighted by atomic mass is 32.2. The molecule has 3 aromatic rings. The van der Waals surface area contributed by atoms with Crippen LogP contribution < -0.4 is 15.4 Å². The van der Waals surface area contributed by atoms with E-state index in [1.54, 1.807) is 6.92 Å². The number of hydrogen-bond donors (Lipinski definition) is 2. The number of thioether (sulfide) groups is 1. The summed E-state index contributed by atoms with van der Waals surface area (Å²) in [4.78, 5) is 12.2. The first-order valence-electron chi connectivity index (χ1n) is 9.66. The fraction of sp³-hybridized carbons (Fsp3) is 0.273. The molecule has 0 fully saturated rings. The maximum Gasteiger partial charge on any atom is 0.231 e. The lowest BCUT2D eigenvalue weighted by Gasteiger charge is -2.27. The van der Waals surface area contributed by atoms with E-state index >= 15 is 0 Å². The molecule has 0 radical (unpaired) electrons. The number of carbonyl (C=O) groups is 1. The van der Waals surface area contributed by atoms with E-state index in [0.717, 1.165) is 17.2 Å². The lowest BCUT2D eigenvalue weighted by molar-refractivity contribution is -0.120. The number of nitriles is 1. The predicted molar refractivity (Wildman–Crippen MR) is 124 cm³/mol. The quantitative estimate of drug-likeness (QED) is 0.428. The Labute approximate surface area is 189 Å². The average molecular weight is 454 g/mol. The van der Waals surface area contributed by atoms with Crippen molar-refractivity contribution in [3.05, 3.63) is 54.6 Å². The minimum Gasteiger partial charge on any atom is -0.457 e. The summed E-state index contributed by atoms with van der Waals surface area (Å²) >= 11 is 2.65. The van der Waals surface area contributed by atoms with Crippen molar-refractivity contribution < 1.29 is 9.53 Å². The van der Waals surface area contributed by atoms with Crippen LogP contribution in [0.1, 0.15) is 20.8 Å². The summed E-state index contributed by atoms with van der Waals surface area (Å²) in [5.41, 5.74) is -0.0328. The van der Waals surface area contributed by atoms with Crippen LogP contribution in [-0.4, -0.2) is 27.4 Å². The Bertz CT molecular complexity index is 1050. The van der Waals surface area contributed by atoms with Crippen molar-refractivity contribution in [2.24, 2.45) is 5.92 Å². The molecule has 0 aliphatic heterocycles. The van der Waals surface area contributed by atoms with E-state index in [9.17, 15) is 10.1 Å². The van der Waals surface area contributed by atoms with Crippen LogP contribution in [0.2, 0.25) is 0 Å². The number of carbonyl (C=O) groups excluding carboxylic acids is 1. The number of para-hydroxylation sites is 1. The van der Waals surface area contributed by atoms with Crippen LogP contribution in [0.25, 0.3) is 0 Å². The standard InChI is InChI=1S/C22H23N5O2S2/c1-15(2)22(3,14-23)25-19(28)13-30-21-27-26-20(31-21)24-16-9-11-18(12-10-16)29-17-7-5-4-6-8-17/h4-12,15H,13H2,1-3H3,(H,24,26)(H,25,28)/t22-/m1/s1. The van der Waals surface area contributed by atoms with E-state index < -0.39 is 5.54 Å². The summed E-state index contributed by atoms with van der Waals surface area (Å²) in [6.45, 7) is 5.53. The van der Waals surface area contributed by atoms with Crippen molar-refractivity contribution >= 4 is 39.8 Å². The van der Waals surface area contributed by atoms with Crippen molar-refractivity contribution in [1.29, 1.82) is 5.26 Å². The molecule has 1 atom stereocenters. The Morgan fingerprint density at radius 2 is 1.84 bits per heavy atom. The third kappa shape index (κ3) is 6.44. The van der Waals surface area contributed by atoms with E-state index in [0.29, 0.717) is 9.47 Å². The Morgan fingerprint density at radius 3 is 2.48 bits per heavy atom. The molecule has 2 aromatic carbocycles. The van der Waals surface area contributed by atoms with Crippen LogP contribution in [0.4, 0.5) is 10.8 Å². The van der Waals surface area contributed by atoms with E-state index in [2.05, 4.69) is 26.9 Å². The second-order valence-electron chi connectivity index (χ2n) is 7.24. The van der Waals surface area contributed by atoms with Gasteiger partial charge in [-0.2, -0.15) is 5.26 Å². The van der Waals surface area contributed by atoms with Crippen molar-refractivity contribution in [3.63, 3.8) is 0 Å². The van der Waals surface area contributed by atoms with E-state index in [1.807, 2.05) is 68.4 Å². The summed E-state index contributed by atoms with van der Waals surface area (Å²) in [5.74, 6) is 1.49. The first kappa shape index (κ1) is 22.6. The van der Waals surface area contributed by atoms with Gasteiger partial charge in [-0.3, -0.25) is 4.79 Å². The van der Waals surface area contributed by atoms with Gasteiger partial charge in [0.1, 0.15) is 17.0 Å². The Kier molecular flexibility index (Phi) is 7.50. The lowest BCUT2D eigenvalue weighted by Crippen LogP contribution is -2.49. The minimum absolute atomic E-state index is 0.00765. The van der Waals surface area contributed by atoms with Gasteiger partial charge in [0, 0.05) is 5.69 Å². The molecule has 1 amide bonds. The molecular formula is C22H23N5O2S2. The monoisotopic (exact) mass is 453 g/mol. The molecular weight excluding hydrogens is 430 g/mol. The molecule has 2 N–H and O–H groups in total. The number of benzene rings is 2. The van der Waals surface area contributed by atoms with Crippen LogP contribution in [-0.2, 0) is 4.79 Å². The largest absolute Gasteiger partial charge is 0.457 e. The predicted octanol–water partition coefficient (Wildman–Crippen LogP) is 5.22. The molecule has 31 heavy (non-hydrogen) atoms. The van der Waals surface area contributed by atoms with Gasteiger partial charge in [0.2, 0.25) is 11.0 Å². The summed E-state index contributed by atoms with van der Waals surface area (Å²) < 4.78 is 6.46. The third-order valence-corrected chi connectivity index (χ3v) is 6.58. The van der Waals surface area contributed by atoms with Crippen molar-refractivity contribution in [2.75, 3.05) is 11.1 Å². The molecule has 0 saturated carbocycles. The fourth-order valence-electron chi connectivity index (χ4n) is 2.43. The van der Waals surface area contributed by atoms with Crippen LogP contribution in [0.5, 0.6) is 11.5 Å². The summed E-state index contributed by atoms with van der Waals surface area (Å²) in [7, 11) is 0. The number of amides is 1. The van der Waals surface area contributed by atoms with Gasteiger partial charge in [0.25, 0.3) is 0 Å². The van der Waals surface area contributed by atoms with E-state index in [-0.39, 0.29) is 17.6 Å². The number of rotatable bonds is 9. The summed E-state index contributed by atoms with van der Waals surface area (Å²) in [6.07, 6.45) is 0. The lowest BCUT2D eigenvalue weighted by atomic mass is 9.90.